The first-order chi connectivity index (χ1) is 15.1. The van der Waals surface area contributed by atoms with Crippen molar-refractivity contribution in [1.82, 2.24) is 10.2 Å². The normalized spacial score (nSPS) is 19.0. The van der Waals surface area contributed by atoms with Crippen LogP contribution in [0.5, 0.6) is 11.5 Å². The summed E-state index contributed by atoms with van der Waals surface area (Å²) in [6.07, 6.45) is 6.71. The first-order valence-corrected chi connectivity index (χ1v) is 11.0. The number of carbonyl (C=O) groups is 2. The van der Waals surface area contributed by atoms with Gasteiger partial charge in [0.2, 0.25) is 5.91 Å². The van der Waals surface area contributed by atoms with E-state index in [0.717, 1.165) is 36.8 Å². The molecule has 2 amide bonds. The molecule has 6 nitrogen and oxygen atoms in total. The summed E-state index contributed by atoms with van der Waals surface area (Å²) in [5, 5.41) is 3.24. The molecule has 31 heavy (non-hydrogen) atoms. The lowest BCUT2D eigenvalue weighted by Gasteiger charge is -2.27. The molecule has 1 N–H and O–H groups in total. The summed E-state index contributed by atoms with van der Waals surface area (Å²) in [6.45, 7) is 0.261. The van der Waals surface area contributed by atoms with Crippen molar-refractivity contribution in [1.29, 1.82) is 0 Å². The second kappa shape index (κ2) is 9.41. The average molecular weight is 423 g/mol. The zero-order valence-corrected chi connectivity index (χ0v) is 18.2. The van der Waals surface area contributed by atoms with Gasteiger partial charge in [-0.05, 0) is 42.7 Å². The summed E-state index contributed by atoms with van der Waals surface area (Å²) in [6, 6.07) is 12.4. The summed E-state index contributed by atoms with van der Waals surface area (Å²) in [5.74, 6) is 1.10. The summed E-state index contributed by atoms with van der Waals surface area (Å²) < 4.78 is 10.9. The molecule has 164 valence electrons. The Morgan fingerprint density at radius 3 is 2.48 bits per heavy atom. The Kier molecular flexibility index (Phi) is 6.44. The SMILES string of the molecule is COc1ccc(OC)c(CN2C(=O)c3ccccc3[C@@H]2C(=O)NC2CCCCCC2)c1. The highest BCUT2D eigenvalue weighted by Gasteiger charge is 2.41. The Labute approximate surface area is 183 Å². The van der Waals surface area contributed by atoms with Crippen molar-refractivity contribution in [2.75, 3.05) is 14.2 Å². The van der Waals surface area contributed by atoms with Crippen LogP contribution in [0.1, 0.15) is 66.1 Å². The van der Waals surface area contributed by atoms with E-state index in [4.69, 9.17) is 9.47 Å². The fourth-order valence-electron chi connectivity index (χ4n) is 4.71. The van der Waals surface area contributed by atoms with Crippen LogP contribution in [0.4, 0.5) is 0 Å². The molecule has 2 aromatic rings. The third-order valence-electron chi connectivity index (χ3n) is 6.34. The number of nitrogens with zero attached hydrogens (tertiary/aromatic N) is 1. The number of methoxy groups -OCH3 is 2. The average Bonchev–Trinajstić information content (AvgIpc) is 2.93. The molecule has 0 aromatic heterocycles. The molecule has 0 radical (unpaired) electrons. The first-order valence-electron chi connectivity index (χ1n) is 11.0. The molecule has 0 unspecified atom stereocenters. The van der Waals surface area contributed by atoms with E-state index in [1.54, 1.807) is 25.2 Å². The Bertz CT molecular complexity index is 950. The largest absolute Gasteiger partial charge is 0.497 e. The maximum Gasteiger partial charge on any atom is 0.255 e. The highest BCUT2D eigenvalue weighted by Crippen LogP contribution is 2.37. The molecule has 1 aliphatic heterocycles. The zero-order valence-electron chi connectivity index (χ0n) is 18.2. The Hall–Kier alpha value is -3.02. The quantitative estimate of drug-likeness (QED) is 0.707. The smallest absolute Gasteiger partial charge is 0.255 e. The summed E-state index contributed by atoms with van der Waals surface area (Å²) in [5.41, 5.74) is 2.15. The molecule has 1 aliphatic carbocycles. The van der Waals surface area contributed by atoms with E-state index in [1.807, 2.05) is 36.4 Å². The van der Waals surface area contributed by atoms with Crippen LogP contribution in [0.2, 0.25) is 0 Å². The summed E-state index contributed by atoms with van der Waals surface area (Å²) >= 11 is 0. The van der Waals surface area contributed by atoms with Gasteiger partial charge in [0.25, 0.3) is 5.91 Å². The monoisotopic (exact) mass is 422 g/mol. The van der Waals surface area contributed by atoms with E-state index in [0.29, 0.717) is 17.1 Å². The van der Waals surface area contributed by atoms with Gasteiger partial charge < -0.3 is 19.7 Å². The van der Waals surface area contributed by atoms with Crippen LogP contribution in [0, 0.1) is 0 Å². The molecule has 2 aromatic carbocycles. The number of ether oxygens (including phenoxy) is 2. The molecule has 0 bridgehead atoms. The standard InChI is InChI=1S/C25H30N2O4/c1-30-19-13-14-22(31-2)17(15-19)16-27-23(20-11-7-8-12-21(20)25(27)29)24(28)26-18-9-5-3-4-6-10-18/h7-8,11-15,18,23H,3-6,9-10,16H2,1-2H3,(H,26,28)/t23-/m1/s1. The lowest BCUT2D eigenvalue weighted by atomic mass is 10.0. The third-order valence-corrected chi connectivity index (χ3v) is 6.34. The van der Waals surface area contributed by atoms with Gasteiger partial charge in [-0.2, -0.15) is 0 Å². The Balaban J connectivity index is 1.64. The molecular formula is C25H30N2O4. The van der Waals surface area contributed by atoms with Crippen LogP contribution in [-0.4, -0.2) is 37.0 Å². The number of nitrogens with one attached hydrogen (secondary N) is 1. The fraction of sp³-hybridized carbons (Fsp3) is 0.440. The molecule has 4 rings (SSSR count). The van der Waals surface area contributed by atoms with E-state index in [-0.39, 0.29) is 24.4 Å². The van der Waals surface area contributed by atoms with Crippen molar-refractivity contribution in [3.63, 3.8) is 0 Å². The van der Waals surface area contributed by atoms with Crippen LogP contribution in [0.25, 0.3) is 0 Å². The zero-order chi connectivity index (χ0) is 21.8. The molecule has 1 saturated carbocycles. The predicted molar refractivity (Wildman–Crippen MR) is 118 cm³/mol. The van der Waals surface area contributed by atoms with Gasteiger partial charge in [-0.15, -0.1) is 0 Å². The van der Waals surface area contributed by atoms with Gasteiger partial charge in [0, 0.05) is 17.2 Å². The van der Waals surface area contributed by atoms with E-state index >= 15 is 0 Å². The van der Waals surface area contributed by atoms with Gasteiger partial charge in [-0.3, -0.25) is 9.59 Å². The lowest BCUT2D eigenvalue weighted by molar-refractivity contribution is -0.126. The number of carbonyl (C=O) groups excluding carboxylic acids is 2. The summed E-state index contributed by atoms with van der Waals surface area (Å²) in [7, 11) is 3.20. The Morgan fingerprint density at radius 2 is 1.77 bits per heavy atom. The van der Waals surface area contributed by atoms with Crippen molar-refractivity contribution < 1.29 is 19.1 Å². The van der Waals surface area contributed by atoms with Crippen molar-refractivity contribution in [2.45, 2.75) is 57.2 Å². The van der Waals surface area contributed by atoms with Gasteiger partial charge in [0.05, 0.1) is 20.8 Å². The second-order valence-corrected chi connectivity index (χ2v) is 8.30. The van der Waals surface area contributed by atoms with Crippen molar-refractivity contribution >= 4 is 11.8 Å². The first kappa shape index (κ1) is 21.2. The third kappa shape index (κ3) is 4.38. The molecule has 6 heteroatoms. The molecular weight excluding hydrogens is 392 g/mol. The minimum absolute atomic E-state index is 0.105. The van der Waals surface area contributed by atoms with Gasteiger partial charge in [0.1, 0.15) is 17.5 Å². The molecule has 2 aliphatic rings. The maximum absolute atomic E-state index is 13.5. The maximum atomic E-state index is 13.5. The van der Waals surface area contributed by atoms with Gasteiger partial charge in [-0.1, -0.05) is 43.9 Å². The topological polar surface area (TPSA) is 67.9 Å². The summed E-state index contributed by atoms with van der Waals surface area (Å²) in [4.78, 5) is 28.4. The molecule has 0 spiro atoms. The number of rotatable bonds is 6. The Morgan fingerprint density at radius 1 is 1.03 bits per heavy atom. The van der Waals surface area contributed by atoms with Crippen molar-refractivity contribution in [2.24, 2.45) is 0 Å². The van der Waals surface area contributed by atoms with Crippen molar-refractivity contribution in [3.8, 4) is 11.5 Å². The molecule has 1 fully saturated rings. The number of benzene rings is 2. The molecule has 1 heterocycles. The highest BCUT2D eigenvalue weighted by molar-refractivity contribution is 6.04. The van der Waals surface area contributed by atoms with Gasteiger partial charge >= 0.3 is 0 Å². The minimum Gasteiger partial charge on any atom is -0.497 e. The van der Waals surface area contributed by atoms with Crippen LogP contribution in [0.3, 0.4) is 0 Å². The molecule has 0 saturated heterocycles. The van der Waals surface area contributed by atoms with E-state index in [9.17, 15) is 9.59 Å². The number of fused-ring (bicyclic) bond motifs is 1. The number of amides is 2. The number of hydrogen-bond donors (Lipinski definition) is 1. The minimum atomic E-state index is -0.650. The van der Waals surface area contributed by atoms with Crippen LogP contribution >= 0.6 is 0 Å². The van der Waals surface area contributed by atoms with Crippen molar-refractivity contribution in [3.05, 3.63) is 59.2 Å². The van der Waals surface area contributed by atoms with E-state index in [2.05, 4.69) is 5.32 Å². The fourth-order valence-corrected chi connectivity index (χ4v) is 4.71. The lowest BCUT2D eigenvalue weighted by Crippen LogP contribution is -2.43. The van der Waals surface area contributed by atoms with Gasteiger partial charge in [-0.25, -0.2) is 0 Å². The molecule has 1 atom stereocenters. The van der Waals surface area contributed by atoms with Crippen LogP contribution < -0.4 is 14.8 Å². The van der Waals surface area contributed by atoms with Crippen LogP contribution in [-0.2, 0) is 11.3 Å². The number of hydrogen-bond acceptors (Lipinski definition) is 4. The predicted octanol–water partition coefficient (Wildman–Crippen LogP) is 4.24. The van der Waals surface area contributed by atoms with Crippen LogP contribution in [0.15, 0.2) is 42.5 Å². The highest BCUT2D eigenvalue weighted by atomic mass is 16.5. The second-order valence-electron chi connectivity index (χ2n) is 8.30. The van der Waals surface area contributed by atoms with E-state index in [1.165, 1.54) is 12.8 Å². The van der Waals surface area contributed by atoms with Gasteiger partial charge in [0.15, 0.2) is 0 Å². The van der Waals surface area contributed by atoms with E-state index < -0.39 is 6.04 Å².